The maximum Gasteiger partial charge on any atom is 0.253 e. The average molecular weight is 444 g/mol. The third-order valence-corrected chi connectivity index (χ3v) is 6.22. The van der Waals surface area contributed by atoms with Gasteiger partial charge in [0.25, 0.3) is 5.91 Å². The largest absolute Gasteiger partial charge is 0.342 e. The monoisotopic (exact) mass is 443 g/mol. The summed E-state index contributed by atoms with van der Waals surface area (Å²) in [4.78, 5) is 14.3. The van der Waals surface area contributed by atoms with Crippen LogP contribution >= 0.6 is 0 Å². The number of H-pyrrole nitrogens is 1. The van der Waals surface area contributed by atoms with Crippen molar-refractivity contribution in [3.8, 4) is 11.3 Å². The van der Waals surface area contributed by atoms with Crippen molar-refractivity contribution in [3.05, 3.63) is 71.7 Å². The normalized spacial score (nSPS) is 11.5. The van der Waals surface area contributed by atoms with Crippen molar-refractivity contribution in [2.24, 2.45) is 0 Å². The van der Waals surface area contributed by atoms with Crippen LogP contribution in [0.2, 0.25) is 0 Å². The van der Waals surface area contributed by atoms with Crippen LogP contribution in [0.1, 0.15) is 35.3 Å². The number of sulfone groups is 1. The predicted molar refractivity (Wildman–Crippen MR) is 118 cm³/mol. The van der Waals surface area contributed by atoms with Crippen LogP contribution in [0.4, 0.5) is 4.39 Å². The van der Waals surface area contributed by atoms with Crippen LogP contribution in [0.3, 0.4) is 0 Å². The lowest BCUT2D eigenvalue weighted by Crippen LogP contribution is -2.27. The number of aryl methyl sites for hydroxylation is 1. The number of rotatable bonds is 9. The van der Waals surface area contributed by atoms with Gasteiger partial charge >= 0.3 is 0 Å². The number of nitrogens with one attached hydrogen (secondary N) is 1. The van der Waals surface area contributed by atoms with Gasteiger partial charge in [0.2, 0.25) is 0 Å². The van der Waals surface area contributed by atoms with E-state index in [0.29, 0.717) is 12.1 Å². The van der Waals surface area contributed by atoms with Crippen molar-refractivity contribution < 1.29 is 17.6 Å². The fourth-order valence-corrected chi connectivity index (χ4v) is 3.90. The van der Waals surface area contributed by atoms with Gasteiger partial charge in [-0.3, -0.25) is 9.89 Å². The van der Waals surface area contributed by atoms with E-state index in [1.165, 1.54) is 24.3 Å². The van der Waals surface area contributed by atoms with E-state index in [1.807, 2.05) is 6.07 Å². The van der Waals surface area contributed by atoms with Crippen molar-refractivity contribution in [2.75, 3.05) is 19.8 Å². The molecule has 0 saturated heterocycles. The molecule has 8 heteroatoms. The molecule has 3 aromatic rings. The van der Waals surface area contributed by atoms with Gasteiger partial charge in [-0.05, 0) is 73.9 Å². The highest BCUT2D eigenvalue weighted by Gasteiger charge is 2.13. The Labute approximate surface area is 182 Å². The molecule has 0 saturated carbocycles. The maximum atomic E-state index is 13.0. The summed E-state index contributed by atoms with van der Waals surface area (Å²) >= 11 is 0. The molecule has 0 radical (unpaired) electrons. The smallest absolute Gasteiger partial charge is 0.253 e. The first-order valence-corrected chi connectivity index (χ1v) is 12.0. The van der Waals surface area contributed by atoms with Crippen LogP contribution in [-0.2, 0) is 16.3 Å². The minimum atomic E-state index is -3.27. The minimum absolute atomic E-state index is 0.127. The summed E-state index contributed by atoms with van der Waals surface area (Å²) in [6.45, 7) is 0.621. The van der Waals surface area contributed by atoms with E-state index in [4.69, 9.17) is 0 Å². The Bertz CT molecular complexity index is 1120. The number of hydrogen-bond donors (Lipinski definition) is 1. The van der Waals surface area contributed by atoms with Crippen molar-refractivity contribution in [2.45, 2.75) is 30.6 Å². The summed E-state index contributed by atoms with van der Waals surface area (Å²) in [5, 5.41) is 7.31. The van der Waals surface area contributed by atoms with Crippen molar-refractivity contribution >= 4 is 15.7 Å². The number of aromatic nitrogens is 2. The Morgan fingerprint density at radius 1 is 1.03 bits per heavy atom. The first-order valence-electron chi connectivity index (χ1n) is 10.1. The molecule has 0 spiro atoms. The standard InChI is InChI=1S/C23H26FN3O3S/c1-27(23(28)18-9-13-21(14-10-18)31(2,29)30)15-5-3-4-6-20-16-22(26-25-20)17-7-11-19(24)12-8-17/h7-14,16H,3-6,15H2,1-2H3,(H,25,26). The van der Waals surface area contributed by atoms with Gasteiger partial charge in [0.1, 0.15) is 5.82 Å². The van der Waals surface area contributed by atoms with E-state index in [9.17, 15) is 17.6 Å². The Balaban J connectivity index is 1.41. The van der Waals surface area contributed by atoms with E-state index in [2.05, 4.69) is 10.2 Å². The molecule has 0 bridgehead atoms. The number of carbonyl (C=O) groups is 1. The van der Waals surface area contributed by atoms with Crippen molar-refractivity contribution in [1.82, 2.24) is 15.1 Å². The van der Waals surface area contributed by atoms with E-state index < -0.39 is 9.84 Å². The molecule has 164 valence electrons. The Hall–Kier alpha value is -3.00. The molecular formula is C23H26FN3O3S. The second-order valence-corrected chi connectivity index (χ2v) is 9.63. The third-order valence-electron chi connectivity index (χ3n) is 5.09. The van der Waals surface area contributed by atoms with Crippen LogP contribution in [0, 0.1) is 5.82 Å². The number of halogens is 1. The topological polar surface area (TPSA) is 83.1 Å². The fourth-order valence-electron chi connectivity index (χ4n) is 3.27. The zero-order valence-corrected chi connectivity index (χ0v) is 18.5. The Morgan fingerprint density at radius 3 is 2.35 bits per heavy atom. The molecule has 3 rings (SSSR count). The molecule has 1 N–H and O–H groups in total. The number of carbonyl (C=O) groups excluding carboxylic acids is 1. The number of benzene rings is 2. The molecule has 1 amide bonds. The number of nitrogens with zero attached hydrogens (tertiary/aromatic N) is 2. The summed E-state index contributed by atoms with van der Waals surface area (Å²) in [5.41, 5.74) is 3.16. The van der Waals surface area contributed by atoms with Gasteiger partial charge in [0.15, 0.2) is 9.84 Å². The predicted octanol–water partition coefficient (Wildman–Crippen LogP) is 4.10. The molecule has 1 heterocycles. The van der Waals surface area contributed by atoms with E-state index >= 15 is 0 Å². The molecule has 0 unspecified atom stereocenters. The highest BCUT2D eigenvalue weighted by atomic mass is 32.2. The number of aromatic amines is 1. The number of unbranched alkanes of at least 4 members (excludes halogenated alkanes) is 2. The molecule has 0 atom stereocenters. The van der Waals surface area contributed by atoms with Crippen molar-refractivity contribution in [1.29, 1.82) is 0 Å². The molecule has 0 fully saturated rings. The summed E-state index contributed by atoms with van der Waals surface area (Å²) < 4.78 is 36.1. The van der Waals surface area contributed by atoms with Gasteiger partial charge in [0, 0.05) is 36.7 Å². The molecule has 0 aliphatic carbocycles. The van der Waals surface area contributed by atoms with Crippen LogP contribution in [0.15, 0.2) is 59.5 Å². The van der Waals surface area contributed by atoms with Crippen LogP contribution in [-0.4, -0.2) is 49.3 Å². The van der Waals surface area contributed by atoms with Gasteiger partial charge < -0.3 is 4.90 Å². The fraction of sp³-hybridized carbons (Fsp3) is 0.304. The zero-order chi connectivity index (χ0) is 22.4. The van der Waals surface area contributed by atoms with E-state index in [-0.39, 0.29) is 16.6 Å². The Morgan fingerprint density at radius 2 is 1.71 bits per heavy atom. The molecule has 2 aromatic carbocycles. The second-order valence-electron chi connectivity index (χ2n) is 7.62. The lowest BCUT2D eigenvalue weighted by molar-refractivity contribution is 0.0792. The summed E-state index contributed by atoms with van der Waals surface area (Å²) in [5.74, 6) is -0.397. The molecule has 0 aliphatic rings. The average Bonchev–Trinajstić information content (AvgIpc) is 3.21. The maximum absolute atomic E-state index is 13.0. The first-order chi connectivity index (χ1) is 14.7. The summed E-state index contributed by atoms with van der Waals surface area (Å²) in [7, 11) is -1.53. The summed E-state index contributed by atoms with van der Waals surface area (Å²) in [6.07, 6.45) is 4.76. The number of amides is 1. The molecular weight excluding hydrogens is 417 g/mol. The zero-order valence-electron chi connectivity index (χ0n) is 17.6. The molecule has 1 aromatic heterocycles. The van der Waals surface area contributed by atoms with Gasteiger partial charge in [-0.15, -0.1) is 0 Å². The molecule has 0 aliphatic heterocycles. The van der Waals surface area contributed by atoms with Crippen LogP contribution in [0.5, 0.6) is 0 Å². The number of hydrogen-bond acceptors (Lipinski definition) is 4. The van der Waals surface area contributed by atoms with Crippen LogP contribution < -0.4 is 0 Å². The van der Waals surface area contributed by atoms with Gasteiger partial charge in [-0.1, -0.05) is 6.42 Å². The van der Waals surface area contributed by atoms with Gasteiger partial charge in [-0.25, -0.2) is 12.8 Å². The molecule has 31 heavy (non-hydrogen) atoms. The van der Waals surface area contributed by atoms with Crippen molar-refractivity contribution in [3.63, 3.8) is 0 Å². The highest BCUT2D eigenvalue weighted by Crippen LogP contribution is 2.19. The quantitative estimate of drug-likeness (QED) is 0.505. The molecule has 6 nitrogen and oxygen atoms in total. The first kappa shape index (κ1) is 22.7. The third kappa shape index (κ3) is 6.24. The summed E-state index contributed by atoms with van der Waals surface area (Å²) in [6, 6.07) is 14.2. The Kier molecular flexibility index (Phi) is 7.22. The van der Waals surface area contributed by atoms with Crippen LogP contribution in [0.25, 0.3) is 11.3 Å². The minimum Gasteiger partial charge on any atom is -0.342 e. The highest BCUT2D eigenvalue weighted by molar-refractivity contribution is 7.90. The van der Waals surface area contributed by atoms with Gasteiger partial charge in [-0.2, -0.15) is 5.10 Å². The van der Waals surface area contributed by atoms with E-state index in [1.54, 1.807) is 36.2 Å². The van der Waals surface area contributed by atoms with Gasteiger partial charge in [0.05, 0.1) is 10.6 Å². The van der Waals surface area contributed by atoms with E-state index in [0.717, 1.165) is 48.9 Å². The second kappa shape index (κ2) is 9.87. The lowest BCUT2D eigenvalue weighted by atomic mass is 10.1. The lowest BCUT2D eigenvalue weighted by Gasteiger charge is -2.17. The SMILES string of the molecule is CN(CCCCCc1cc(-c2ccc(F)cc2)n[nH]1)C(=O)c1ccc(S(C)(=O)=O)cc1.